The summed E-state index contributed by atoms with van der Waals surface area (Å²) in [4.78, 5) is 16.0. The van der Waals surface area contributed by atoms with Crippen molar-refractivity contribution in [2.24, 2.45) is 11.8 Å². The van der Waals surface area contributed by atoms with Crippen LogP contribution in [0.1, 0.15) is 43.5 Å². The van der Waals surface area contributed by atoms with Crippen LogP contribution in [0.3, 0.4) is 0 Å². The summed E-state index contributed by atoms with van der Waals surface area (Å²) in [5.41, 5.74) is 6.09. The summed E-state index contributed by atoms with van der Waals surface area (Å²) >= 11 is 0. The molecule has 3 N–H and O–H groups in total. The summed E-state index contributed by atoms with van der Waals surface area (Å²) in [6.45, 7) is 4.45. The van der Waals surface area contributed by atoms with Crippen LogP contribution in [-0.2, 0) is 0 Å². The molecule has 4 heteroatoms. The van der Waals surface area contributed by atoms with Crippen LogP contribution >= 0.6 is 0 Å². The molecule has 0 saturated heterocycles. The molecule has 1 aromatic heterocycles. The highest BCUT2D eigenvalue weighted by Gasteiger charge is 2.32. The molecule has 3 unspecified atom stereocenters. The number of nitrogens with one attached hydrogen (secondary N) is 1. The third kappa shape index (κ3) is 2.63. The Balaban J connectivity index is 1.98. The van der Waals surface area contributed by atoms with Gasteiger partial charge in [-0.05, 0) is 36.8 Å². The van der Waals surface area contributed by atoms with E-state index in [2.05, 4.69) is 24.1 Å². The van der Waals surface area contributed by atoms with Gasteiger partial charge < -0.3 is 11.1 Å². The Kier molecular flexibility index (Phi) is 3.84. The summed E-state index contributed by atoms with van der Waals surface area (Å²) in [6, 6.07) is 3.66. The maximum Gasteiger partial charge on any atom is 0.253 e. The van der Waals surface area contributed by atoms with Gasteiger partial charge in [-0.2, -0.15) is 0 Å². The lowest BCUT2D eigenvalue weighted by Gasteiger charge is -2.20. The van der Waals surface area contributed by atoms with Crippen LogP contribution in [0.4, 0.5) is 5.82 Å². The zero-order chi connectivity index (χ0) is 13.1. The predicted octanol–water partition coefficient (Wildman–Crippen LogP) is 2.22. The fourth-order valence-corrected chi connectivity index (χ4v) is 2.82. The monoisotopic (exact) mass is 247 g/mol. The molecule has 1 aliphatic rings. The molecule has 0 aliphatic heterocycles. The Hall–Kier alpha value is -1.58. The number of anilines is 1. The lowest BCUT2D eigenvalue weighted by Crippen LogP contribution is -2.37. The van der Waals surface area contributed by atoms with E-state index in [9.17, 15) is 4.79 Å². The van der Waals surface area contributed by atoms with Crippen LogP contribution in [-0.4, -0.2) is 16.9 Å². The normalized spacial score (nSPS) is 27.1. The topological polar surface area (TPSA) is 68.0 Å². The second-order valence-corrected chi connectivity index (χ2v) is 5.16. The Morgan fingerprint density at radius 2 is 2.28 bits per heavy atom. The molecule has 1 fully saturated rings. The quantitative estimate of drug-likeness (QED) is 0.860. The van der Waals surface area contributed by atoms with E-state index in [0.717, 1.165) is 12.3 Å². The van der Waals surface area contributed by atoms with Crippen LogP contribution in [0, 0.1) is 11.8 Å². The number of carbonyl (C=O) groups excluding carboxylic acids is 1. The molecular weight excluding hydrogens is 226 g/mol. The largest absolute Gasteiger partial charge is 0.384 e. The van der Waals surface area contributed by atoms with Crippen LogP contribution in [0.15, 0.2) is 18.3 Å². The molecule has 1 aliphatic carbocycles. The van der Waals surface area contributed by atoms with Crippen molar-refractivity contribution in [3.05, 3.63) is 23.9 Å². The highest BCUT2D eigenvalue weighted by molar-refractivity contribution is 5.94. The number of nitrogens with two attached hydrogens (primary N) is 1. The van der Waals surface area contributed by atoms with E-state index in [1.807, 2.05) is 0 Å². The highest BCUT2D eigenvalue weighted by atomic mass is 16.1. The van der Waals surface area contributed by atoms with Crippen molar-refractivity contribution in [2.75, 3.05) is 5.73 Å². The fourth-order valence-electron chi connectivity index (χ4n) is 2.82. The van der Waals surface area contributed by atoms with E-state index >= 15 is 0 Å². The molecule has 0 spiro atoms. The molecule has 1 saturated carbocycles. The van der Waals surface area contributed by atoms with Crippen LogP contribution in [0.25, 0.3) is 0 Å². The molecule has 0 radical (unpaired) electrons. The first-order valence-corrected chi connectivity index (χ1v) is 6.64. The summed E-state index contributed by atoms with van der Waals surface area (Å²) in [5.74, 6) is 1.68. The molecular formula is C14H21N3O. The Morgan fingerprint density at radius 1 is 1.50 bits per heavy atom. The van der Waals surface area contributed by atoms with Crippen molar-refractivity contribution < 1.29 is 4.79 Å². The van der Waals surface area contributed by atoms with E-state index in [1.54, 1.807) is 12.1 Å². The zero-order valence-corrected chi connectivity index (χ0v) is 11.0. The number of hydrogen-bond donors (Lipinski definition) is 2. The van der Waals surface area contributed by atoms with E-state index < -0.39 is 0 Å². The minimum Gasteiger partial charge on any atom is -0.384 e. The average Bonchev–Trinajstić information content (AvgIpc) is 2.71. The first-order chi connectivity index (χ1) is 8.61. The van der Waals surface area contributed by atoms with Crippen molar-refractivity contribution in [3.8, 4) is 0 Å². The first-order valence-electron chi connectivity index (χ1n) is 6.64. The lowest BCUT2D eigenvalue weighted by molar-refractivity contribution is 0.0926. The molecule has 1 aromatic rings. The third-order valence-electron chi connectivity index (χ3n) is 4.12. The summed E-state index contributed by atoms with van der Waals surface area (Å²) in [6.07, 6.45) is 5.01. The SMILES string of the molecule is CCC1CCC(NC(=O)c2ccc(N)nc2)C1C. The van der Waals surface area contributed by atoms with Gasteiger partial charge in [-0.1, -0.05) is 20.3 Å². The average molecular weight is 247 g/mol. The van der Waals surface area contributed by atoms with Crippen molar-refractivity contribution >= 4 is 11.7 Å². The molecule has 3 atom stereocenters. The van der Waals surface area contributed by atoms with Crippen molar-refractivity contribution in [1.82, 2.24) is 10.3 Å². The van der Waals surface area contributed by atoms with E-state index in [-0.39, 0.29) is 5.91 Å². The molecule has 2 rings (SSSR count). The van der Waals surface area contributed by atoms with Crippen LogP contribution < -0.4 is 11.1 Å². The van der Waals surface area contributed by atoms with Gasteiger partial charge in [-0.15, -0.1) is 0 Å². The maximum atomic E-state index is 12.1. The highest BCUT2D eigenvalue weighted by Crippen LogP contribution is 2.33. The van der Waals surface area contributed by atoms with Gasteiger partial charge in [-0.3, -0.25) is 4.79 Å². The van der Waals surface area contributed by atoms with E-state index in [1.165, 1.54) is 19.0 Å². The second-order valence-electron chi connectivity index (χ2n) is 5.16. The maximum absolute atomic E-state index is 12.1. The number of hydrogen-bond acceptors (Lipinski definition) is 3. The molecule has 4 nitrogen and oxygen atoms in total. The van der Waals surface area contributed by atoms with E-state index in [4.69, 9.17) is 5.73 Å². The number of rotatable bonds is 3. The molecule has 1 heterocycles. The van der Waals surface area contributed by atoms with Crippen molar-refractivity contribution in [1.29, 1.82) is 0 Å². The van der Waals surface area contributed by atoms with Gasteiger partial charge >= 0.3 is 0 Å². The Morgan fingerprint density at radius 3 is 2.83 bits per heavy atom. The minimum absolute atomic E-state index is 0.0453. The fraction of sp³-hybridized carbons (Fsp3) is 0.571. The molecule has 98 valence electrons. The zero-order valence-electron chi connectivity index (χ0n) is 11.0. The second kappa shape index (κ2) is 5.38. The van der Waals surface area contributed by atoms with Crippen LogP contribution in [0.2, 0.25) is 0 Å². The summed E-state index contributed by atoms with van der Waals surface area (Å²) in [5, 5.41) is 3.11. The van der Waals surface area contributed by atoms with Gasteiger partial charge in [0, 0.05) is 12.2 Å². The molecule has 0 aromatic carbocycles. The number of amides is 1. The van der Waals surface area contributed by atoms with Gasteiger partial charge in [0.05, 0.1) is 5.56 Å². The predicted molar refractivity (Wildman–Crippen MR) is 72.1 cm³/mol. The summed E-state index contributed by atoms with van der Waals surface area (Å²) in [7, 11) is 0. The van der Waals surface area contributed by atoms with Crippen LogP contribution in [0.5, 0.6) is 0 Å². The standard InChI is InChI=1S/C14H21N3O/c1-3-10-4-6-12(9(10)2)17-14(18)11-5-7-13(15)16-8-11/h5,7-10,12H,3-4,6H2,1-2H3,(H2,15,16)(H,17,18). The van der Waals surface area contributed by atoms with Gasteiger partial charge in [0.15, 0.2) is 0 Å². The number of pyridine rings is 1. The first kappa shape index (κ1) is 12.9. The Labute approximate surface area is 108 Å². The van der Waals surface area contributed by atoms with Crippen molar-refractivity contribution in [2.45, 2.75) is 39.2 Å². The third-order valence-corrected chi connectivity index (χ3v) is 4.12. The van der Waals surface area contributed by atoms with E-state index in [0.29, 0.717) is 23.3 Å². The molecule has 18 heavy (non-hydrogen) atoms. The Bertz CT molecular complexity index is 416. The molecule has 1 amide bonds. The smallest absolute Gasteiger partial charge is 0.253 e. The van der Waals surface area contributed by atoms with Crippen molar-refractivity contribution in [3.63, 3.8) is 0 Å². The molecule has 0 bridgehead atoms. The summed E-state index contributed by atoms with van der Waals surface area (Å²) < 4.78 is 0. The van der Waals surface area contributed by atoms with Gasteiger partial charge in [0.25, 0.3) is 5.91 Å². The number of aromatic nitrogens is 1. The van der Waals surface area contributed by atoms with Gasteiger partial charge in [0.1, 0.15) is 5.82 Å². The number of nitrogen functional groups attached to an aromatic ring is 1. The number of nitrogens with zero attached hydrogens (tertiary/aromatic N) is 1. The number of carbonyl (C=O) groups is 1. The van der Waals surface area contributed by atoms with Gasteiger partial charge in [0.2, 0.25) is 0 Å². The van der Waals surface area contributed by atoms with Gasteiger partial charge in [-0.25, -0.2) is 4.98 Å². The minimum atomic E-state index is -0.0453. The lowest BCUT2D eigenvalue weighted by atomic mass is 9.93.